The summed E-state index contributed by atoms with van der Waals surface area (Å²) in [5.41, 5.74) is -0.986. The molecule has 0 aliphatic heterocycles. The van der Waals surface area contributed by atoms with Gasteiger partial charge in [0, 0.05) is 6.42 Å². The van der Waals surface area contributed by atoms with Crippen LogP contribution in [-0.2, 0) is 33.6 Å². The molecule has 0 heterocycles. The van der Waals surface area contributed by atoms with Gasteiger partial charge in [0.2, 0.25) is 0 Å². The summed E-state index contributed by atoms with van der Waals surface area (Å²) in [6.45, 7) is 9.32. The lowest BCUT2D eigenvalue weighted by molar-refractivity contribution is -0.286. The summed E-state index contributed by atoms with van der Waals surface area (Å²) in [7, 11) is 0. The average molecular weight is 575 g/mol. The van der Waals surface area contributed by atoms with Crippen molar-refractivity contribution in [3.05, 3.63) is 0 Å². The third-order valence-corrected chi connectivity index (χ3v) is 6.70. The Balaban J connectivity index is 4.66. The third-order valence-electron chi connectivity index (χ3n) is 6.70. The van der Waals surface area contributed by atoms with Gasteiger partial charge in [0.1, 0.15) is 17.8 Å². The monoisotopic (exact) mass is 574 g/mol. The Morgan fingerprint density at radius 2 is 1.25 bits per heavy atom. The van der Waals surface area contributed by atoms with Crippen LogP contribution in [0.2, 0.25) is 0 Å². The van der Waals surface area contributed by atoms with Crippen molar-refractivity contribution < 1.29 is 48.6 Å². The Morgan fingerprint density at radius 3 is 1.77 bits per heavy atom. The fourth-order valence-electron chi connectivity index (χ4n) is 4.71. The minimum atomic E-state index is -1.59. The van der Waals surface area contributed by atoms with E-state index in [-0.39, 0.29) is 19.3 Å². The van der Waals surface area contributed by atoms with Crippen molar-refractivity contribution in [3.63, 3.8) is 0 Å². The number of ether oxygens (including phenoxy) is 2. The van der Waals surface area contributed by atoms with Crippen LogP contribution in [0.4, 0.5) is 4.79 Å². The van der Waals surface area contributed by atoms with Gasteiger partial charge in [-0.15, -0.1) is 0 Å². The van der Waals surface area contributed by atoms with E-state index in [1.165, 1.54) is 6.42 Å². The summed E-state index contributed by atoms with van der Waals surface area (Å²) in [4.78, 5) is 56.6. The smallest absolute Gasteiger partial charge is 0.481 e. The van der Waals surface area contributed by atoms with E-state index < -0.39 is 47.8 Å². The Hall–Kier alpha value is -2.36. The summed E-state index contributed by atoms with van der Waals surface area (Å²) in [6, 6.07) is 0. The molecule has 0 aromatic carbocycles. The van der Waals surface area contributed by atoms with Gasteiger partial charge in [0.15, 0.2) is 0 Å². The van der Waals surface area contributed by atoms with E-state index in [1.54, 1.807) is 20.8 Å². The maximum Gasteiger partial charge on any atom is 0.537 e. The normalized spacial score (nSPS) is 13.7. The van der Waals surface area contributed by atoms with Crippen molar-refractivity contribution in [1.82, 2.24) is 0 Å². The van der Waals surface area contributed by atoms with E-state index in [4.69, 9.17) is 19.5 Å². The van der Waals surface area contributed by atoms with E-state index in [9.17, 15) is 24.3 Å². The van der Waals surface area contributed by atoms with Crippen molar-refractivity contribution in [2.75, 3.05) is 0 Å². The number of rotatable bonds is 25. The lowest BCUT2D eigenvalue weighted by atomic mass is 9.97. The molecule has 0 amide bonds. The second-order valence-electron chi connectivity index (χ2n) is 11.4. The van der Waals surface area contributed by atoms with Crippen molar-refractivity contribution >= 4 is 24.1 Å². The lowest BCUT2D eigenvalue weighted by Crippen LogP contribution is -2.35. The first-order valence-corrected chi connectivity index (χ1v) is 15.1. The molecule has 3 atom stereocenters. The minimum absolute atomic E-state index is 0.182. The van der Waals surface area contributed by atoms with E-state index in [0.29, 0.717) is 12.8 Å². The summed E-state index contributed by atoms with van der Waals surface area (Å²) in [5, 5.41) is 18.3. The fraction of sp³-hybridized carbons (Fsp3) is 0.867. The highest BCUT2D eigenvalue weighted by Crippen LogP contribution is 2.23. The third kappa shape index (κ3) is 21.5. The van der Waals surface area contributed by atoms with Gasteiger partial charge < -0.3 is 19.7 Å². The fourth-order valence-corrected chi connectivity index (χ4v) is 4.71. The molecular formula is C30H54O10. The molecule has 10 heteroatoms. The second kappa shape index (κ2) is 22.3. The molecule has 0 bridgehead atoms. The van der Waals surface area contributed by atoms with E-state index in [2.05, 4.69) is 18.7 Å². The van der Waals surface area contributed by atoms with Gasteiger partial charge in [-0.1, -0.05) is 90.9 Å². The molecule has 0 saturated carbocycles. The molecular weight excluding hydrogens is 520 g/mol. The molecule has 0 spiro atoms. The summed E-state index contributed by atoms with van der Waals surface area (Å²) >= 11 is 0. The number of esters is 2. The zero-order valence-corrected chi connectivity index (χ0v) is 25.4. The van der Waals surface area contributed by atoms with Gasteiger partial charge in [-0.05, 0) is 33.6 Å². The molecule has 40 heavy (non-hydrogen) atoms. The number of carboxylic acid groups (broad SMARTS) is 2. The highest BCUT2D eigenvalue weighted by Gasteiger charge is 2.30. The van der Waals surface area contributed by atoms with Crippen molar-refractivity contribution in [2.24, 2.45) is 5.92 Å². The predicted octanol–water partition coefficient (Wildman–Crippen LogP) is 7.61. The number of hydrogen-bond acceptors (Lipinski definition) is 8. The van der Waals surface area contributed by atoms with Gasteiger partial charge in [-0.25, -0.2) is 4.79 Å². The molecule has 0 fully saturated rings. The van der Waals surface area contributed by atoms with Gasteiger partial charge in [-0.3, -0.25) is 19.3 Å². The Labute approximate surface area is 240 Å². The van der Waals surface area contributed by atoms with E-state index in [0.717, 1.165) is 70.6 Å². The highest BCUT2D eigenvalue weighted by molar-refractivity contribution is 5.78. The van der Waals surface area contributed by atoms with Gasteiger partial charge in [-0.2, -0.15) is 4.89 Å². The molecule has 0 rings (SSSR count). The molecule has 10 nitrogen and oxygen atoms in total. The molecule has 0 aromatic heterocycles. The number of carboxylic acids is 1. The molecule has 0 aliphatic carbocycles. The number of carbonyl (C=O) groups excluding carboxylic acids is 2. The van der Waals surface area contributed by atoms with Crippen LogP contribution < -0.4 is 0 Å². The maximum atomic E-state index is 12.6. The topological polar surface area (TPSA) is 146 Å². The van der Waals surface area contributed by atoms with Crippen LogP contribution in [0.25, 0.3) is 0 Å². The second-order valence-corrected chi connectivity index (χ2v) is 11.4. The van der Waals surface area contributed by atoms with Crippen LogP contribution in [0.15, 0.2) is 0 Å². The molecule has 0 aromatic rings. The standard InChI is InChI=1S/C30H54O10/c1-6-8-10-12-14-16-18-24(28(33)34)20-26(31)37-23(3)22-30(4,5)38-27(32)21-25(39-40-29(35)36)19-17-15-13-11-9-7-2/h23-25H,6-22H2,1-5H3,(H,33,34)(H,35,36). The lowest BCUT2D eigenvalue weighted by Gasteiger charge is -2.29. The van der Waals surface area contributed by atoms with Crippen molar-refractivity contribution in [1.29, 1.82) is 0 Å². The molecule has 0 aliphatic rings. The van der Waals surface area contributed by atoms with Crippen LogP contribution >= 0.6 is 0 Å². The number of hydrogen-bond donors (Lipinski definition) is 2. The molecule has 234 valence electrons. The highest BCUT2D eigenvalue weighted by atomic mass is 17.2. The Bertz CT molecular complexity index is 721. The summed E-state index contributed by atoms with van der Waals surface area (Å²) < 4.78 is 11.0. The van der Waals surface area contributed by atoms with Gasteiger partial charge in [0.25, 0.3) is 0 Å². The molecule has 3 unspecified atom stereocenters. The number of aliphatic carboxylic acids is 1. The number of unbranched alkanes of at least 4 members (excludes halogenated alkanes) is 10. The largest absolute Gasteiger partial charge is 0.537 e. The van der Waals surface area contributed by atoms with Gasteiger partial charge in [0.05, 0.1) is 18.8 Å². The Kier molecular flexibility index (Phi) is 21.0. The van der Waals surface area contributed by atoms with E-state index >= 15 is 0 Å². The zero-order valence-electron chi connectivity index (χ0n) is 25.4. The van der Waals surface area contributed by atoms with Crippen LogP contribution in [0, 0.1) is 5.92 Å². The quantitative estimate of drug-likeness (QED) is 0.0483. The van der Waals surface area contributed by atoms with Crippen LogP contribution in [0.5, 0.6) is 0 Å². The first kappa shape index (κ1) is 37.6. The maximum absolute atomic E-state index is 12.6. The summed E-state index contributed by atoms with van der Waals surface area (Å²) in [6.07, 6.45) is 10.2. The molecule has 2 N–H and O–H groups in total. The first-order chi connectivity index (χ1) is 18.9. The first-order valence-electron chi connectivity index (χ1n) is 15.1. The molecule has 0 saturated heterocycles. The summed E-state index contributed by atoms with van der Waals surface area (Å²) in [5.74, 6) is -2.96. The SMILES string of the molecule is CCCCCCCCC(CC(=O)OC(C)(C)CC(C)OC(=O)CC(CCCCCCCC)C(=O)O)OOC(=O)O. The van der Waals surface area contributed by atoms with E-state index in [1.807, 2.05) is 0 Å². The predicted molar refractivity (Wildman–Crippen MR) is 151 cm³/mol. The average Bonchev–Trinajstić information content (AvgIpc) is 2.84. The van der Waals surface area contributed by atoms with Gasteiger partial charge >= 0.3 is 24.1 Å². The van der Waals surface area contributed by atoms with Crippen LogP contribution in [0.3, 0.4) is 0 Å². The Morgan fingerprint density at radius 1 is 0.725 bits per heavy atom. The molecule has 0 radical (unpaired) electrons. The van der Waals surface area contributed by atoms with Crippen molar-refractivity contribution in [2.45, 2.75) is 162 Å². The zero-order chi connectivity index (χ0) is 30.4. The van der Waals surface area contributed by atoms with Crippen LogP contribution in [0.1, 0.15) is 144 Å². The van der Waals surface area contributed by atoms with Crippen LogP contribution in [-0.4, -0.2) is 52.1 Å². The van der Waals surface area contributed by atoms with Crippen molar-refractivity contribution in [3.8, 4) is 0 Å². The minimum Gasteiger partial charge on any atom is -0.481 e. The number of carbonyl (C=O) groups is 4.